The van der Waals surface area contributed by atoms with Gasteiger partial charge in [0.05, 0.1) is 6.04 Å². The molecule has 4 aliphatic rings. The number of nitrogens with one attached hydrogen (secondary N) is 2. The van der Waals surface area contributed by atoms with Crippen LogP contribution in [0.5, 0.6) is 0 Å². The zero-order chi connectivity index (χ0) is 94.5. The normalized spacial score (nSPS) is 16.0. The summed E-state index contributed by atoms with van der Waals surface area (Å²) in [6.07, 6.45) is 8.71. The van der Waals surface area contributed by atoms with Gasteiger partial charge in [0.2, 0.25) is 17.7 Å². The maximum Gasteiger partial charge on any atom is 1.00 e. The number of likely N-dealkylation sites (tertiary alicyclic amines) is 3. The van der Waals surface area contributed by atoms with Crippen LogP contribution in [0.25, 0.3) is 0 Å². The van der Waals surface area contributed by atoms with Gasteiger partial charge < -0.3 is 59.1 Å². The molecule has 4 saturated heterocycles. The Balaban J connectivity index is -0.000000239. The van der Waals surface area contributed by atoms with Crippen molar-refractivity contribution in [2.45, 2.75) is 345 Å². The summed E-state index contributed by atoms with van der Waals surface area (Å²) in [5.41, 5.74) is -2.80. The number of benzene rings is 1. The smallest absolute Gasteiger partial charge is 0.811 e. The van der Waals surface area contributed by atoms with Crippen LogP contribution in [0.3, 0.4) is 0 Å². The molecule has 1 aromatic carbocycles. The van der Waals surface area contributed by atoms with Crippen molar-refractivity contribution in [2.75, 3.05) is 107 Å². The van der Waals surface area contributed by atoms with E-state index < -0.39 is 36.4 Å². The maximum atomic E-state index is 12.2. The molecule has 0 saturated carbocycles. The van der Waals surface area contributed by atoms with E-state index in [2.05, 4.69) is 58.2 Å². The van der Waals surface area contributed by atoms with Gasteiger partial charge in [-0.15, -0.1) is 0 Å². The fraction of sp³-hybridized carbons (Fsp3) is 0.832. The number of alkyl carbamates (subject to hydrolysis) is 1. The minimum absolute atomic E-state index is 0. The second kappa shape index (κ2) is 57.7. The van der Waals surface area contributed by atoms with E-state index >= 15 is 0 Å². The molecule has 2 N–H and O–H groups in total. The Hall–Kier alpha value is -3.09. The number of carbonyl (C=O) groups is 10. The Morgan fingerprint density at radius 1 is 0.483 bits per heavy atom. The molecular formula is C95H181N8Na2O14P. The molecule has 5 rings (SSSR count). The molecule has 0 aliphatic carbocycles. The fourth-order valence-electron chi connectivity index (χ4n) is 11.2. The summed E-state index contributed by atoms with van der Waals surface area (Å²) in [4.78, 5) is 148. The van der Waals surface area contributed by atoms with Crippen molar-refractivity contribution in [2.24, 2.45) is 66.0 Å². The van der Waals surface area contributed by atoms with E-state index in [9.17, 15) is 62.3 Å². The van der Waals surface area contributed by atoms with Gasteiger partial charge in [-0.2, -0.15) is 0 Å². The number of likely N-dealkylation sites (N-methyl/N-ethyl adjacent to an activating group) is 2. The van der Waals surface area contributed by atoms with Crippen molar-refractivity contribution in [3.05, 3.63) is 35.9 Å². The SMILES string of the molecule is CC(=O)C(C)(C)C.CC(C)(C)C(=O)C(C)(C)C.CC(C)(C)C(=O)N1CCC(N2CCCCC2)CC1.CC(C)(C)C(=O)c1ccccc1.CC(C)CC(=O)C(C)(C)C.CC(C)P(=O)([O-])[O-].CN(C)CCNC(=O)C(C)(C)C.CN1CCC(C(=O)C(C)(C)C)CC1.CN1CCN(C(=O)C(C)(C)C)CC1.C[C@H](NC(=O)OC(C)(C)C)C(=O)C(C)(C)C.[Na+].[Na+]. The maximum absolute atomic E-state index is 12.2. The molecule has 25 heteroatoms. The minimum Gasteiger partial charge on any atom is -0.811 e. The van der Waals surface area contributed by atoms with Crippen LogP contribution >= 0.6 is 7.60 Å². The summed E-state index contributed by atoms with van der Waals surface area (Å²) in [6, 6.07) is 9.60. The van der Waals surface area contributed by atoms with E-state index in [1.807, 2.05) is 262 Å². The predicted molar refractivity (Wildman–Crippen MR) is 488 cm³/mol. The van der Waals surface area contributed by atoms with Crippen LogP contribution in [0.2, 0.25) is 0 Å². The van der Waals surface area contributed by atoms with Crippen molar-refractivity contribution in [3.63, 3.8) is 0 Å². The second-order valence-electron chi connectivity index (χ2n) is 44.7. The second-order valence-corrected chi connectivity index (χ2v) is 46.8. The first-order valence-corrected chi connectivity index (χ1v) is 45.0. The molecule has 4 heterocycles. The van der Waals surface area contributed by atoms with Crippen LogP contribution in [-0.2, 0) is 47.7 Å². The van der Waals surface area contributed by atoms with Crippen LogP contribution in [0.1, 0.15) is 332 Å². The van der Waals surface area contributed by atoms with E-state index in [1.165, 1.54) is 59.0 Å². The van der Waals surface area contributed by atoms with Crippen molar-refractivity contribution in [1.29, 1.82) is 0 Å². The zero-order valence-corrected chi connectivity index (χ0v) is 90.7. The van der Waals surface area contributed by atoms with Gasteiger partial charge >= 0.3 is 65.2 Å². The molecule has 1 atom stereocenters. The van der Waals surface area contributed by atoms with Crippen molar-refractivity contribution in [3.8, 4) is 0 Å². The molecule has 4 fully saturated rings. The largest absolute Gasteiger partial charge is 1.00 e. The van der Waals surface area contributed by atoms with Crippen molar-refractivity contribution < 1.29 is 126 Å². The molecule has 120 heavy (non-hydrogen) atoms. The predicted octanol–water partition coefficient (Wildman–Crippen LogP) is 11.6. The minimum atomic E-state index is -4.24. The van der Waals surface area contributed by atoms with Crippen LogP contribution in [-0.4, -0.2) is 218 Å². The number of amides is 4. The molecule has 0 bridgehead atoms. The third kappa shape index (κ3) is 64.6. The van der Waals surface area contributed by atoms with Gasteiger partial charge in [-0.25, -0.2) is 4.79 Å². The number of ether oxygens (including phenoxy) is 1. The van der Waals surface area contributed by atoms with Crippen molar-refractivity contribution in [1.82, 2.24) is 40.0 Å². The molecular weight excluding hydrogens is 1550 g/mol. The van der Waals surface area contributed by atoms with E-state index in [1.54, 1.807) is 34.6 Å². The Labute approximate surface area is 779 Å². The van der Waals surface area contributed by atoms with Gasteiger partial charge in [0.15, 0.2) is 11.6 Å². The number of hydrogen-bond acceptors (Lipinski definition) is 18. The number of piperazine rings is 1. The number of ketones is 6. The number of piperidine rings is 3. The fourth-order valence-corrected chi connectivity index (χ4v) is 11.2. The Bertz CT molecular complexity index is 3100. The van der Waals surface area contributed by atoms with Gasteiger partial charge in [-0.05, 0) is 139 Å². The topological polar surface area (TPSA) is 287 Å². The summed E-state index contributed by atoms with van der Waals surface area (Å²) in [5, 5.41) is 5.41. The Morgan fingerprint density at radius 3 is 1.13 bits per heavy atom. The molecule has 1 aromatic rings. The molecule has 4 amide bonds. The average molecular weight is 1740 g/mol. The van der Waals surface area contributed by atoms with E-state index in [0.29, 0.717) is 41.5 Å². The average Bonchev–Trinajstić information content (AvgIpc) is 0.833. The molecule has 692 valence electrons. The Morgan fingerprint density at radius 2 is 0.858 bits per heavy atom. The van der Waals surface area contributed by atoms with Gasteiger partial charge in [-0.1, -0.05) is 280 Å². The number of hydrogen-bond donors (Lipinski definition) is 2. The first-order valence-electron chi connectivity index (χ1n) is 43.4. The summed E-state index contributed by atoms with van der Waals surface area (Å²) in [5.74, 6) is 3.07. The van der Waals surface area contributed by atoms with E-state index in [-0.39, 0.29) is 137 Å². The van der Waals surface area contributed by atoms with Gasteiger partial charge in [-0.3, -0.25) is 43.2 Å². The molecule has 22 nitrogen and oxygen atoms in total. The number of carbonyl (C=O) groups excluding carboxylic acids is 10. The molecule has 0 aromatic heterocycles. The molecule has 0 spiro atoms. The first kappa shape index (κ1) is 130. The van der Waals surface area contributed by atoms with E-state index in [4.69, 9.17) is 4.74 Å². The molecule has 0 unspecified atom stereocenters. The number of Topliss-reactive ketones (excluding diaryl/α,β-unsaturated/α-hetero) is 6. The summed E-state index contributed by atoms with van der Waals surface area (Å²) in [6.45, 7) is 86.0. The van der Waals surface area contributed by atoms with E-state index in [0.717, 1.165) is 89.9 Å². The number of nitrogens with zero attached hydrogens (tertiary/aromatic N) is 6. The zero-order valence-electron chi connectivity index (χ0n) is 85.8. The molecule has 0 radical (unpaired) electrons. The van der Waals surface area contributed by atoms with Gasteiger partial charge in [0.25, 0.3) is 0 Å². The number of rotatable bonds is 11. The quantitative estimate of drug-likeness (QED) is 0.118. The van der Waals surface area contributed by atoms with Crippen molar-refractivity contribution >= 4 is 66.1 Å². The monoisotopic (exact) mass is 1740 g/mol. The first-order chi connectivity index (χ1) is 52.5. The third-order valence-corrected chi connectivity index (χ3v) is 20.4. The van der Waals surface area contributed by atoms with Gasteiger partial charge in [0, 0.05) is 130 Å². The van der Waals surface area contributed by atoms with Crippen LogP contribution in [0.15, 0.2) is 30.3 Å². The van der Waals surface area contributed by atoms with Crippen LogP contribution < -0.4 is 79.5 Å². The molecule has 4 aliphatic heterocycles. The van der Waals surface area contributed by atoms with Crippen LogP contribution in [0, 0.1) is 66.0 Å². The Kier molecular flexibility index (Phi) is 62.5. The summed E-state index contributed by atoms with van der Waals surface area (Å²) < 4.78 is 14.9. The standard InChI is InChI=1S/C15H28N2O.C12H23NO3.C11H21NO.C11H14O.C10H20N2O.C9H20N2O.2C9H18O.C6H12O.C3H9O3P.2Na/c1-15(2,3)14(18)17-11-7-13(8-12-17)16-9-5-4-6-10-16;1-8(9(14)11(2,3)4)13-10(15)16-12(5,6)7;1-11(2,3)10(13)9-5-7-12(4)8-6-9;1-11(2,3)10(12)9-7-5-4-6-8-9;1-10(2,3)9(13)12-7-5-11(4)6-8-12;1-9(2,3)8(12)10-6-7-11(4)5;1-8(2,3)7(10)9(4,5)6;1-7(2)6-8(10)9(3,4)5;1-5(7)6(2,3)4;1-3(2)7(4,5)6;;/h13H,4-12H2,1-3H3;8H,1-7H3,(H,13,15);9H,5-8H2,1-4H3;4-8H,1-3H3;5-8H2,1-4H3;6-7H2,1-5H3,(H,10,12);1-6H3;7H,6H2,1-5H3;1-4H3;3H,1-2H3,(H2,4,5,6);;/q;;;;;;;;;;2*+1/p-2/t;8-;;;;;;;;;;/m.0........../s1. The van der Waals surface area contributed by atoms with Gasteiger partial charge in [0.1, 0.15) is 28.7 Å². The summed E-state index contributed by atoms with van der Waals surface area (Å²) in [7, 11) is 3.96. The summed E-state index contributed by atoms with van der Waals surface area (Å²) >= 11 is 0. The van der Waals surface area contributed by atoms with Crippen LogP contribution in [0.4, 0.5) is 4.79 Å². The third-order valence-electron chi connectivity index (χ3n) is 19.2.